The smallest absolute Gasteiger partial charge is 0.220 e. The van der Waals surface area contributed by atoms with Gasteiger partial charge in [-0.25, -0.2) is 0 Å². The highest BCUT2D eigenvalue weighted by Crippen LogP contribution is 2.28. The van der Waals surface area contributed by atoms with Gasteiger partial charge in [-0.1, -0.05) is 43.2 Å². The van der Waals surface area contributed by atoms with Gasteiger partial charge >= 0.3 is 0 Å². The fourth-order valence-corrected chi connectivity index (χ4v) is 2.80. The molecule has 0 atom stereocenters. The van der Waals surface area contributed by atoms with Crippen LogP contribution in [0.3, 0.4) is 0 Å². The number of rotatable bonds is 4. The SMILES string of the molecule is CC(C)(NC(=O)CC1CCCC1)c1ccccc1. The van der Waals surface area contributed by atoms with Crippen molar-refractivity contribution in [2.75, 3.05) is 0 Å². The Morgan fingerprint density at radius 2 is 1.83 bits per heavy atom. The Bertz CT molecular complexity index is 391. The number of amides is 1. The van der Waals surface area contributed by atoms with Gasteiger partial charge < -0.3 is 5.32 Å². The second-order valence-electron chi connectivity index (χ2n) is 5.89. The summed E-state index contributed by atoms with van der Waals surface area (Å²) in [5.41, 5.74) is 0.876. The Morgan fingerprint density at radius 1 is 1.22 bits per heavy atom. The first-order valence-corrected chi connectivity index (χ1v) is 6.94. The molecule has 0 heterocycles. The molecule has 2 nitrogen and oxygen atoms in total. The van der Waals surface area contributed by atoms with Crippen LogP contribution in [0.5, 0.6) is 0 Å². The normalized spacial score (nSPS) is 16.8. The van der Waals surface area contributed by atoms with Crippen molar-refractivity contribution in [1.29, 1.82) is 0 Å². The van der Waals surface area contributed by atoms with Gasteiger partial charge in [-0.05, 0) is 38.2 Å². The summed E-state index contributed by atoms with van der Waals surface area (Å²) in [4.78, 5) is 12.1. The molecule has 1 saturated carbocycles. The van der Waals surface area contributed by atoms with Gasteiger partial charge in [0.1, 0.15) is 0 Å². The predicted octanol–water partition coefficient (Wildman–Crippen LogP) is 3.62. The number of hydrogen-bond donors (Lipinski definition) is 1. The van der Waals surface area contributed by atoms with Gasteiger partial charge in [-0.15, -0.1) is 0 Å². The molecular weight excluding hydrogens is 222 g/mol. The molecule has 0 bridgehead atoms. The van der Waals surface area contributed by atoms with Crippen molar-refractivity contribution in [3.05, 3.63) is 35.9 Å². The number of carbonyl (C=O) groups is 1. The summed E-state index contributed by atoms with van der Waals surface area (Å²) in [6, 6.07) is 10.2. The number of benzene rings is 1. The summed E-state index contributed by atoms with van der Waals surface area (Å²) < 4.78 is 0. The molecule has 1 aromatic carbocycles. The third kappa shape index (κ3) is 3.34. The fraction of sp³-hybridized carbons (Fsp3) is 0.562. The van der Waals surface area contributed by atoms with E-state index in [2.05, 4.69) is 31.3 Å². The minimum atomic E-state index is -0.281. The van der Waals surface area contributed by atoms with Gasteiger partial charge in [-0.2, -0.15) is 0 Å². The molecule has 1 aliphatic carbocycles. The van der Waals surface area contributed by atoms with E-state index in [0.717, 1.165) is 5.56 Å². The summed E-state index contributed by atoms with van der Waals surface area (Å²) in [5.74, 6) is 0.798. The van der Waals surface area contributed by atoms with Crippen LogP contribution in [0, 0.1) is 5.92 Å². The van der Waals surface area contributed by atoms with Crippen molar-refractivity contribution in [1.82, 2.24) is 5.32 Å². The van der Waals surface area contributed by atoms with Gasteiger partial charge in [0.05, 0.1) is 5.54 Å². The van der Waals surface area contributed by atoms with Crippen molar-refractivity contribution in [3.8, 4) is 0 Å². The molecule has 0 aliphatic heterocycles. The third-order valence-electron chi connectivity index (χ3n) is 3.90. The second kappa shape index (κ2) is 5.55. The molecule has 0 radical (unpaired) electrons. The predicted molar refractivity (Wildman–Crippen MR) is 74.2 cm³/mol. The summed E-state index contributed by atoms with van der Waals surface area (Å²) in [7, 11) is 0. The van der Waals surface area contributed by atoms with E-state index in [0.29, 0.717) is 12.3 Å². The molecule has 1 fully saturated rings. The topological polar surface area (TPSA) is 29.1 Å². The van der Waals surface area contributed by atoms with Crippen molar-refractivity contribution in [2.45, 2.75) is 51.5 Å². The number of carbonyl (C=O) groups excluding carboxylic acids is 1. The number of nitrogens with one attached hydrogen (secondary N) is 1. The summed E-state index contributed by atoms with van der Waals surface area (Å²) in [5, 5.41) is 3.16. The van der Waals surface area contributed by atoms with Crippen LogP contribution in [-0.4, -0.2) is 5.91 Å². The van der Waals surface area contributed by atoms with Crippen LogP contribution in [-0.2, 0) is 10.3 Å². The summed E-state index contributed by atoms with van der Waals surface area (Å²) in [6.07, 6.45) is 5.72. The van der Waals surface area contributed by atoms with Gasteiger partial charge in [0.25, 0.3) is 0 Å². The van der Waals surface area contributed by atoms with E-state index in [1.165, 1.54) is 25.7 Å². The average molecular weight is 245 g/mol. The van der Waals surface area contributed by atoms with E-state index in [1.54, 1.807) is 0 Å². The maximum absolute atomic E-state index is 12.1. The van der Waals surface area contributed by atoms with Crippen LogP contribution in [0.1, 0.15) is 51.5 Å². The molecule has 0 aromatic heterocycles. The molecule has 1 amide bonds. The molecule has 1 N–H and O–H groups in total. The molecule has 0 spiro atoms. The quantitative estimate of drug-likeness (QED) is 0.862. The minimum Gasteiger partial charge on any atom is -0.347 e. The molecule has 2 heteroatoms. The van der Waals surface area contributed by atoms with Crippen LogP contribution in [0.2, 0.25) is 0 Å². The first-order chi connectivity index (χ1) is 8.58. The fourth-order valence-electron chi connectivity index (χ4n) is 2.80. The van der Waals surface area contributed by atoms with Crippen molar-refractivity contribution >= 4 is 5.91 Å². The van der Waals surface area contributed by atoms with E-state index in [-0.39, 0.29) is 11.4 Å². The molecular formula is C16H23NO. The monoisotopic (exact) mass is 245 g/mol. The number of hydrogen-bond acceptors (Lipinski definition) is 1. The highest BCUT2D eigenvalue weighted by Gasteiger charge is 2.25. The van der Waals surface area contributed by atoms with Crippen molar-refractivity contribution < 1.29 is 4.79 Å². The van der Waals surface area contributed by atoms with Crippen LogP contribution in [0.4, 0.5) is 0 Å². The molecule has 2 rings (SSSR count). The zero-order valence-electron chi connectivity index (χ0n) is 11.4. The Morgan fingerprint density at radius 3 is 2.44 bits per heavy atom. The largest absolute Gasteiger partial charge is 0.347 e. The lowest BCUT2D eigenvalue weighted by atomic mass is 9.93. The summed E-state index contributed by atoms with van der Waals surface area (Å²) in [6.45, 7) is 4.13. The van der Waals surface area contributed by atoms with Crippen molar-refractivity contribution in [3.63, 3.8) is 0 Å². The third-order valence-corrected chi connectivity index (χ3v) is 3.90. The second-order valence-corrected chi connectivity index (χ2v) is 5.89. The van der Waals surface area contributed by atoms with E-state index in [1.807, 2.05) is 18.2 Å². The highest BCUT2D eigenvalue weighted by molar-refractivity contribution is 5.77. The molecule has 1 aliphatic rings. The first-order valence-electron chi connectivity index (χ1n) is 6.94. The van der Waals surface area contributed by atoms with Crippen LogP contribution in [0.25, 0.3) is 0 Å². The average Bonchev–Trinajstić information content (AvgIpc) is 2.82. The maximum Gasteiger partial charge on any atom is 0.220 e. The minimum absolute atomic E-state index is 0.191. The molecule has 1 aromatic rings. The Kier molecular flexibility index (Phi) is 4.05. The van der Waals surface area contributed by atoms with Gasteiger partial charge in [0.2, 0.25) is 5.91 Å². The van der Waals surface area contributed by atoms with E-state index in [9.17, 15) is 4.79 Å². The lowest BCUT2D eigenvalue weighted by Gasteiger charge is -2.27. The van der Waals surface area contributed by atoms with Crippen LogP contribution >= 0.6 is 0 Å². The van der Waals surface area contributed by atoms with Gasteiger partial charge in [0.15, 0.2) is 0 Å². The standard InChI is InChI=1S/C16H23NO/c1-16(2,14-10-4-3-5-11-14)17-15(18)12-13-8-6-7-9-13/h3-5,10-11,13H,6-9,12H2,1-2H3,(H,17,18). The zero-order valence-corrected chi connectivity index (χ0v) is 11.4. The zero-order chi connectivity index (χ0) is 13.0. The van der Waals surface area contributed by atoms with Crippen LogP contribution in [0.15, 0.2) is 30.3 Å². The van der Waals surface area contributed by atoms with Crippen molar-refractivity contribution in [2.24, 2.45) is 5.92 Å². The first kappa shape index (κ1) is 13.1. The molecule has 98 valence electrons. The van der Waals surface area contributed by atoms with Gasteiger partial charge in [-0.3, -0.25) is 4.79 Å². The van der Waals surface area contributed by atoms with E-state index in [4.69, 9.17) is 0 Å². The molecule has 0 unspecified atom stereocenters. The lowest BCUT2D eigenvalue weighted by Crippen LogP contribution is -2.41. The van der Waals surface area contributed by atoms with Gasteiger partial charge in [0, 0.05) is 6.42 Å². The highest BCUT2D eigenvalue weighted by atomic mass is 16.1. The maximum atomic E-state index is 12.1. The van der Waals surface area contributed by atoms with E-state index >= 15 is 0 Å². The molecule has 18 heavy (non-hydrogen) atoms. The Hall–Kier alpha value is -1.31. The molecule has 0 saturated heterocycles. The van der Waals surface area contributed by atoms with E-state index < -0.39 is 0 Å². The lowest BCUT2D eigenvalue weighted by molar-refractivity contribution is -0.123. The Balaban J connectivity index is 1.93. The van der Waals surface area contributed by atoms with Crippen LogP contribution < -0.4 is 5.32 Å². The summed E-state index contributed by atoms with van der Waals surface area (Å²) >= 11 is 0. The Labute approximate surface area is 110 Å².